The molecule has 0 spiro atoms. The second-order valence-electron chi connectivity index (χ2n) is 21.5. The summed E-state index contributed by atoms with van der Waals surface area (Å²) in [6, 6.07) is 53.2. The van der Waals surface area contributed by atoms with Crippen LogP contribution in [-0.2, 0) is 21.7 Å². The van der Waals surface area contributed by atoms with Gasteiger partial charge in [-0.2, -0.15) is 0 Å². The number of anilines is 6. The van der Waals surface area contributed by atoms with Gasteiger partial charge in [-0.25, -0.2) is 0 Å². The molecule has 4 heteroatoms. The fourth-order valence-corrected chi connectivity index (χ4v) is 9.25. The SMILES string of the molecule is CC(C)(C)c1ccc(N2c3ccc(C(C)(C)C)cc3B3c4cc(C(C)(C)C)ccc4N(c4ccc(C(C)(C)C)cc4)c4cc(-c5ccc(-c6ccccn6)cc5)cc2c43)cc1. The molecule has 0 saturated carbocycles. The average molecular weight is 798 g/mol. The zero-order valence-corrected chi connectivity index (χ0v) is 38.3. The van der Waals surface area contributed by atoms with Crippen molar-refractivity contribution in [1.82, 2.24) is 4.98 Å². The molecule has 61 heavy (non-hydrogen) atoms. The fourth-order valence-electron chi connectivity index (χ4n) is 9.25. The van der Waals surface area contributed by atoms with Crippen LogP contribution >= 0.6 is 0 Å². The lowest BCUT2D eigenvalue weighted by molar-refractivity contribution is 0.590. The Hall–Kier alpha value is -5.87. The van der Waals surface area contributed by atoms with Gasteiger partial charge < -0.3 is 9.80 Å². The lowest BCUT2D eigenvalue weighted by Crippen LogP contribution is -2.61. The Morgan fingerprint density at radius 1 is 0.377 bits per heavy atom. The van der Waals surface area contributed by atoms with E-state index in [1.54, 1.807) is 0 Å². The van der Waals surface area contributed by atoms with Gasteiger partial charge in [0.15, 0.2) is 0 Å². The van der Waals surface area contributed by atoms with Gasteiger partial charge in [0.1, 0.15) is 0 Å². The Labute approximate surface area is 365 Å². The minimum absolute atomic E-state index is 0.0196. The van der Waals surface area contributed by atoms with Gasteiger partial charge in [0.25, 0.3) is 6.71 Å². The van der Waals surface area contributed by atoms with Gasteiger partial charge in [-0.15, -0.1) is 0 Å². The number of pyridine rings is 1. The van der Waals surface area contributed by atoms with E-state index in [4.69, 9.17) is 0 Å². The molecule has 306 valence electrons. The summed E-state index contributed by atoms with van der Waals surface area (Å²) in [5.41, 5.74) is 21.1. The predicted octanol–water partition coefficient (Wildman–Crippen LogP) is 13.7. The topological polar surface area (TPSA) is 19.4 Å². The molecule has 2 aliphatic rings. The van der Waals surface area contributed by atoms with Crippen molar-refractivity contribution >= 4 is 57.2 Å². The summed E-state index contributed by atoms with van der Waals surface area (Å²) in [6.45, 7) is 27.8. The second-order valence-corrected chi connectivity index (χ2v) is 21.5. The lowest BCUT2D eigenvalue weighted by atomic mass is 9.33. The quantitative estimate of drug-likeness (QED) is 0.165. The number of fused-ring (bicyclic) bond motifs is 4. The summed E-state index contributed by atoms with van der Waals surface area (Å²) in [6.07, 6.45) is 1.86. The van der Waals surface area contributed by atoms with E-state index >= 15 is 0 Å². The molecule has 0 unspecified atom stereocenters. The first kappa shape index (κ1) is 40.5. The zero-order chi connectivity index (χ0) is 43.2. The first-order chi connectivity index (χ1) is 28.8. The van der Waals surface area contributed by atoms with Crippen LogP contribution in [0.25, 0.3) is 22.4 Å². The van der Waals surface area contributed by atoms with Crippen LogP contribution < -0.4 is 26.2 Å². The molecule has 0 N–H and O–H groups in total. The normalized spacial score (nSPS) is 13.8. The first-order valence-corrected chi connectivity index (χ1v) is 22.1. The van der Waals surface area contributed by atoms with Gasteiger partial charge in [-0.3, -0.25) is 4.98 Å². The summed E-state index contributed by atoms with van der Waals surface area (Å²) in [5.74, 6) is 0. The Balaban J connectivity index is 1.37. The van der Waals surface area contributed by atoms with Crippen LogP contribution in [0.5, 0.6) is 0 Å². The monoisotopic (exact) mass is 797 g/mol. The molecule has 0 bridgehead atoms. The van der Waals surface area contributed by atoms with Crippen molar-refractivity contribution in [2.24, 2.45) is 0 Å². The fraction of sp³-hybridized carbons (Fsp3) is 0.281. The molecular formula is C57H60BN3. The second kappa shape index (κ2) is 14.4. The maximum absolute atomic E-state index is 4.65. The van der Waals surface area contributed by atoms with Crippen molar-refractivity contribution in [3.63, 3.8) is 0 Å². The maximum Gasteiger partial charge on any atom is 0.252 e. The van der Waals surface area contributed by atoms with E-state index in [1.807, 2.05) is 12.3 Å². The molecule has 0 saturated heterocycles. The molecule has 0 fully saturated rings. The smallest absolute Gasteiger partial charge is 0.252 e. The van der Waals surface area contributed by atoms with Crippen molar-refractivity contribution in [2.45, 2.75) is 105 Å². The third-order valence-electron chi connectivity index (χ3n) is 13.0. The van der Waals surface area contributed by atoms with Crippen molar-refractivity contribution in [3.05, 3.63) is 168 Å². The highest BCUT2D eigenvalue weighted by atomic mass is 15.2. The van der Waals surface area contributed by atoms with Crippen molar-refractivity contribution in [1.29, 1.82) is 0 Å². The highest BCUT2D eigenvalue weighted by Crippen LogP contribution is 2.47. The van der Waals surface area contributed by atoms with Crippen LogP contribution in [0.2, 0.25) is 0 Å². The number of aromatic nitrogens is 1. The summed E-state index contributed by atoms with van der Waals surface area (Å²) in [4.78, 5) is 9.75. The van der Waals surface area contributed by atoms with Crippen LogP contribution in [0.3, 0.4) is 0 Å². The van der Waals surface area contributed by atoms with Crippen LogP contribution in [0, 0.1) is 0 Å². The standard InChI is InChI=1S/C57H60BN3/c1-54(2,3)40-20-26-44(27-21-40)60-49-30-24-42(56(7,8)9)35-46(49)58-47-36-43(57(10,11)12)25-31-50(47)61(45-28-22-41(23-29-45)55(4,5)6)52-34-39(33-51(60)53(52)58)37-16-18-38(19-17-37)48-15-13-14-32-59-48/h13-36H,1-12H3. The molecule has 3 heterocycles. The van der Waals surface area contributed by atoms with E-state index in [2.05, 4.69) is 231 Å². The Kier molecular flexibility index (Phi) is 9.55. The molecule has 6 aromatic carbocycles. The molecule has 0 aliphatic carbocycles. The Morgan fingerprint density at radius 3 is 1.18 bits per heavy atom. The maximum atomic E-state index is 4.65. The minimum Gasteiger partial charge on any atom is -0.311 e. The van der Waals surface area contributed by atoms with Crippen molar-refractivity contribution in [3.8, 4) is 22.4 Å². The summed E-state index contributed by atoms with van der Waals surface area (Å²) in [5, 5.41) is 0. The minimum atomic E-state index is -0.0196. The van der Waals surface area contributed by atoms with Gasteiger partial charge >= 0.3 is 0 Å². The average Bonchev–Trinajstić information content (AvgIpc) is 3.22. The van der Waals surface area contributed by atoms with Crippen molar-refractivity contribution < 1.29 is 0 Å². The largest absolute Gasteiger partial charge is 0.311 e. The van der Waals surface area contributed by atoms with Crippen LogP contribution in [0.4, 0.5) is 34.1 Å². The van der Waals surface area contributed by atoms with Gasteiger partial charge in [-0.05, 0) is 132 Å². The number of rotatable bonds is 4. The summed E-state index contributed by atoms with van der Waals surface area (Å²) < 4.78 is 0. The van der Waals surface area contributed by atoms with E-state index in [9.17, 15) is 0 Å². The van der Waals surface area contributed by atoms with Gasteiger partial charge in [0, 0.05) is 45.9 Å². The molecular weight excluding hydrogens is 737 g/mol. The summed E-state index contributed by atoms with van der Waals surface area (Å²) >= 11 is 0. The van der Waals surface area contributed by atoms with Gasteiger partial charge in [0.05, 0.1) is 5.69 Å². The van der Waals surface area contributed by atoms with Gasteiger partial charge in [0.2, 0.25) is 0 Å². The zero-order valence-electron chi connectivity index (χ0n) is 38.3. The van der Waals surface area contributed by atoms with Crippen LogP contribution in [-0.4, -0.2) is 11.7 Å². The van der Waals surface area contributed by atoms with E-state index in [0.717, 1.165) is 22.6 Å². The van der Waals surface area contributed by atoms with Gasteiger partial charge in [-0.1, -0.05) is 162 Å². The van der Waals surface area contributed by atoms with Crippen LogP contribution in [0.15, 0.2) is 146 Å². The highest BCUT2D eigenvalue weighted by Gasteiger charge is 2.44. The van der Waals surface area contributed by atoms with Crippen LogP contribution in [0.1, 0.15) is 105 Å². The molecule has 9 rings (SSSR count). The van der Waals surface area contributed by atoms with E-state index < -0.39 is 0 Å². The first-order valence-electron chi connectivity index (χ1n) is 22.1. The predicted molar refractivity (Wildman–Crippen MR) is 264 cm³/mol. The lowest BCUT2D eigenvalue weighted by Gasteiger charge is -2.45. The van der Waals surface area contributed by atoms with E-state index in [-0.39, 0.29) is 28.4 Å². The number of nitrogens with zero attached hydrogens (tertiary/aromatic N) is 3. The highest BCUT2D eigenvalue weighted by molar-refractivity contribution is 7.00. The molecule has 0 radical (unpaired) electrons. The molecule has 7 aromatic rings. The number of benzene rings is 6. The van der Waals surface area contributed by atoms with Crippen molar-refractivity contribution in [2.75, 3.05) is 9.80 Å². The third kappa shape index (κ3) is 7.28. The Bertz CT molecular complexity index is 2610. The molecule has 3 nitrogen and oxygen atoms in total. The summed E-state index contributed by atoms with van der Waals surface area (Å²) in [7, 11) is 0. The Morgan fingerprint density at radius 2 is 0.787 bits per heavy atom. The molecule has 1 aromatic heterocycles. The number of hydrogen-bond donors (Lipinski definition) is 0. The molecule has 0 amide bonds. The number of hydrogen-bond acceptors (Lipinski definition) is 3. The third-order valence-corrected chi connectivity index (χ3v) is 13.0. The molecule has 0 atom stereocenters. The molecule has 2 aliphatic heterocycles. The van der Waals surface area contributed by atoms with E-state index in [0.29, 0.717) is 0 Å². The van der Waals surface area contributed by atoms with E-state index in [1.165, 1.54) is 72.5 Å².